The van der Waals surface area contributed by atoms with Crippen molar-refractivity contribution < 1.29 is 14.3 Å². The van der Waals surface area contributed by atoms with E-state index in [2.05, 4.69) is 17.3 Å². The third-order valence-corrected chi connectivity index (χ3v) is 4.42. The van der Waals surface area contributed by atoms with Crippen LogP contribution in [-0.4, -0.2) is 35.3 Å². The maximum absolute atomic E-state index is 12.2. The van der Waals surface area contributed by atoms with Crippen LogP contribution in [0.25, 0.3) is 0 Å². The molecule has 25 heavy (non-hydrogen) atoms. The number of ether oxygens (including phenoxy) is 1. The molecule has 1 saturated heterocycles. The number of hydrazone groups is 1. The van der Waals surface area contributed by atoms with Crippen molar-refractivity contribution in [3.63, 3.8) is 0 Å². The van der Waals surface area contributed by atoms with E-state index < -0.39 is 11.6 Å². The molecule has 1 aliphatic heterocycles. The van der Waals surface area contributed by atoms with E-state index in [-0.39, 0.29) is 5.91 Å². The molecular formula is C19H27N3O3. The zero-order valence-electron chi connectivity index (χ0n) is 15.2. The van der Waals surface area contributed by atoms with Gasteiger partial charge in [0, 0.05) is 0 Å². The van der Waals surface area contributed by atoms with E-state index in [9.17, 15) is 9.59 Å². The molecule has 0 saturated carbocycles. The summed E-state index contributed by atoms with van der Waals surface area (Å²) < 4.78 is 5.69. The Bertz CT molecular complexity index is 627. The third-order valence-electron chi connectivity index (χ3n) is 4.42. The average Bonchev–Trinajstić information content (AvgIpc) is 2.83. The second-order valence-corrected chi connectivity index (χ2v) is 6.46. The highest BCUT2D eigenvalue weighted by Crippen LogP contribution is 2.21. The number of nitrogens with zero attached hydrogens (tertiary/aromatic N) is 2. The number of carbonyl (C=O) groups excluding carboxylic acids is 2. The van der Waals surface area contributed by atoms with E-state index in [0.29, 0.717) is 13.0 Å². The Balaban J connectivity index is 1.89. The van der Waals surface area contributed by atoms with Gasteiger partial charge < -0.3 is 10.1 Å². The van der Waals surface area contributed by atoms with Crippen molar-refractivity contribution in [2.24, 2.45) is 5.10 Å². The van der Waals surface area contributed by atoms with Gasteiger partial charge in [0.25, 0.3) is 5.91 Å². The summed E-state index contributed by atoms with van der Waals surface area (Å²) in [6, 6.07) is 6.94. The molecule has 6 heteroatoms. The normalized spacial score (nSPS) is 20.4. The van der Waals surface area contributed by atoms with Crippen molar-refractivity contribution in [3.05, 3.63) is 29.8 Å². The van der Waals surface area contributed by atoms with Crippen molar-refractivity contribution in [2.45, 2.75) is 58.4 Å². The molecule has 6 nitrogen and oxygen atoms in total. The number of amides is 3. The highest BCUT2D eigenvalue weighted by Gasteiger charge is 2.46. The van der Waals surface area contributed by atoms with Crippen LogP contribution in [0.4, 0.5) is 4.79 Å². The van der Waals surface area contributed by atoms with Gasteiger partial charge in [-0.3, -0.25) is 4.79 Å². The first-order chi connectivity index (χ1) is 12.0. The van der Waals surface area contributed by atoms with Gasteiger partial charge >= 0.3 is 6.03 Å². The number of hydrogen-bond donors (Lipinski definition) is 1. The van der Waals surface area contributed by atoms with Crippen molar-refractivity contribution in [1.29, 1.82) is 0 Å². The van der Waals surface area contributed by atoms with Crippen LogP contribution in [0.2, 0.25) is 0 Å². The molecule has 1 heterocycles. The van der Waals surface area contributed by atoms with Gasteiger partial charge in [-0.2, -0.15) is 5.10 Å². The number of hydrogen-bond acceptors (Lipinski definition) is 4. The Morgan fingerprint density at radius 1 is 1.16 bits per heavy atom. The summed E-state index contributed by atoms with van der Waals surface area (Å²) in [5.41, 5.74) is -0.0757. The minimum Gasteiger partial charge on any atom is -0.494 e. The van der Waals surface area contributed by atoms with Crippen molar-refractivity contribution >= 4 is 18.2 Å². The zero-order valence-corrected chi connectivity index (χ0v) is 15.2. The summed E-state index contributed by atoms with van der Waals surface area (Å²) in [5, 5.41) is 7.59. The average molecular weight is 345 g/mol. The van der Waals surface area contributed by atoms with Crippen LogP contribution < -0.4 is 10.1 Å². The molecule has 1 atom stereocenters. The summed E-state index contributed by atoms with van der Waals surface area (Å²) in [7, 11) is 0. The summed E-state index contributed by atoms with van der Waals surface area (Å²) in [6.45, 7) is 6.45. The van der Waals surface area contributed by atoms with E-state index >= 15 is 0 Å². The van der Waals surface area contributed by atoms with Crippen LogP contribution in [0.1, 0.15) is 58.4 Å². The fourth-order valence-electron chi connectivity index (χ4n) is 2.51. The standard InChI is InChI=1S/C19H27N3O3/c1-4-6-7-8-13-25-16-11-9-15(10-12-16)14-20-22-17(23)19(3,5-2)21-18(22)24/h9-12,14H,4-8,13H2,1-3H3,(H,21,24)/b20-14+. The van der Waals surface area contributed by atoms with E-state index in [4.69, 9.17) is 4.74 Å². The molecule has 0 aliphatic carbocycles. The second-order valence-electron chi connectivity index (χ2n) is 6.46. The smallest absolute Gasteiger partial charge is 0.346 e. The predicted octanol–water partition coefficient (Wildman–Crippen LogP) is 3.70. The first-order valence-electron chi connectivity index (χ1n) is 8.93. The summed E-state index contributed by atoms with van der Waals surface area (Å²) >= 11 is 0. The highest BCUT2D eigenvalue weighted by molar-refractivity contribution is 6.07. The molecule has 136 valence electrons. The lowest BCUT2D eigenvalue weighted by Crippen LogP contribution is -2.42. The number of unbranched alkanes of at least 4 members (excludes halogenated alkanes) is 3. The number of carbonyl (C=O) groups is 2. The number of rotatable bonds is 9. The maximum atomic E-state index is 12.2. The lowest BCUT2D eigenvalue weighted by molar-refractivity contribution is -0.130. The fraction of sp³-hybridized carbons (Fsp3) is 0.526. The largest absolute Gasteiger partial charge is 0.494 e. The highest BCUT2D eigenvalue weighted by atomic mass is 16.5. The van der Waals surface area contributed by atoms with E-state index in [1.165, 1.54) is 25.5 Å². The van der Waals surface area contributed by atoms with Crippen LogP contribution in [0.5, 0.6) is 5.75 Å². The SMILES string of the molecule is CCCCCCOc1ccc(/C=N/N2C(=O)NC(C)(CC)C2=O)cc1. The van der Waals surface area contributed by atoms with Gasteiger partial charge in [0.05, 0.1) is 12.8 Å². The summed E-state index contributed by atoms with van der Waals surface area (Å²) in [6.07, 6.45) is 6.71. The van der Waals surface area contributed by atoms with E-state index in [1.54, 1.807) is 6.92 Å². The van der Waals surface area contributed by atoms with Crippen LogP contribution in [0.3, 0.4) is 0 Å². The van der Waals surface area contributed by atoms with Gasteiger partial charge in [0.1, 0.15) is 11.3 Å². The molecule has 1 fully saturated rings. The summed E-state index contributed by atoms with van der Waals surface area (Å²) in [4.78, 5) is 24.1. The lowest BCUT2D eigenvalue weighted by Gasteiger charge is -2.17. The Hall–Kier alpha value is -2.37. The van der Waals surface area contributed by atoms with Gasteiger partial charge in [0.15, 0.2) is 0 Å². The maximum Gasteiger partial charge on any atom is 0.346 e. The molecule has 1 aliphatic rings. The monoisotopic (exact) mass is 345 g/mol. The Morgan fingerprint density at radius 3 is 2.48 bits per heavy atom. The van der Waals surface area contributed by atoms with Crippen LogP contribution in [0.15, 0.2) is 29.4 Å². The third kappa shape index (κ3) is 4.81. The van der Waals surface area contributed by atoms with Crippen LogP contribution in [0, 0.1) is 0 Å². The summed E-state index contributed by atoms with van der Waals surface area (Å²) in [5.74, 6) is 0.477. The van der Waals surface area contributed by atoms with Crippen LogP contribution >= 0.6 is 0 Å². The minimum absolute atomic E-state index is 0.330. The molecule has 0 spiro atoms. The zero-order chi connectivity index (χ0) is 18.3. The Labute approximate surface area is 149 Å². The molecule has 1 aromatic rings. The molecule has 1 unspecified atom stereocenters. The second kappa shape index (κ2) is 8.65. The van der Waals surface area contributed by atoms with Gasteiger partial charge in [-0.05, 0) is 49.6 Å². The Morgan fingerprint density at radius 2 is 1.88 bits per heavy atom. The quantitative estimate of drug-likeness (QED) is 0.421. The number of urea groups is 1. The number of benzene rings is 1. The molecule has 0 aromatic heterocycles. The van der Waals surface area contributed by atoms with E-state index in [0.717, 1.165) is 22.7 Å². The van der Waals surface area contributed by atoms with Gasteiger partial charge in [0.2, 0.25) is 0 Å². The molecule has 0 bridgehead atoms. The predicted molar refractivity (Wildman–Crippen MR) is 97.7 cm³/mol. The number of nitrogens with one attached hydrogen (secondary N) is 1. The molecule has 0 radical (unpaired) electrons. The molecule has 2 rings (SSSR count). The molecular weight excluding hydrogens is 318 g/mol. The first-order valence-corrected chi connectivity index (χ1v) is 8.93. The molecule has 1 N–H and O–H groups in total. The molecule has 1 aromatic carbocycles. The van der Waals surface area contributed by atoms with Gasteiger partial charge in [-0.25, -0.2) is 4.79 Å². The first kappa shape index (κ1) is 19.0. The van der Waals surface area contributed by atoms with Crippen molar-refractivity contribution in [1.82, 2.24) is 10.3 Å². The van der Waals surface area contributed by atoms with Crippen molar-refractivity contribution in [3.8, 4) is 5.75 Å². The van der Waals surface area contributed by atoms with Gasteiger partial charge in [-0.1, -0.05) is 33.1 Å². The van der Waals surface area contributed by atoms with Crippen LogP contribution in [-0.2, 0) is 4.79 Å². The van der Waals surface area contributed by atoms with E-state index in [1.807, 2.05) is 31.2 Å². The lowest BCUT2D eigenvalue weighted by atomic mass is 10.00. The van der Waals surface area contributed by atoms with Gasteiger partial charge in [-0.15, -0.1) is 5.01 Å². The van der Waals surface area contributed by atoms with Crippen molar-refractivity contribution in [2.75, 3.05) is 6.61 Å². The molecule has 3 amide bonds. The fourth-order valence-corrected chi connectivity index (χ4v) is 2.51. The number of imide groups is 1. The topological polar surface area (TPSA) is 71.0 Å². The Kier molecular flexibility index (Phi) is 6.56. The minimum atomic E-state index is -0.871.